The van der Waals surface area contributed by atoms with E-state index < -0.39 is 0 Å². The molecule has 2 aromatic heterocycles. The number of nitrogens with zero attached hydrogens (tertiary/aromatic N) is 5. The van der Waals surface area contributed by atoms with E-state index in [-0.39, 0.29) is 11.9 Å². The predicted molar refractivity (Wildman–Crippen MR) is 99.0 cm³/mol. The van der Waals surface area contributed by atoms with E-state index in [9.17, 15) is 4.79 Å². The Morgan fingerprint density at radius 1 is 1.08 bits per heavy atom. The smallest absolute Gasteiger partial charge is 0.239 e. The van der Waals surface area contributed by atoms with Crippen molar-refractivity contribution in [1.82, 2.24) is 24.8 Å². The molecule has 1 N–H and O–H groups in total. The summed E-state index contributed by atoms with van der Waals surface area (Å²) in [6.45, 7) is 4.08. The molecular weight excluding hydrogens is 328 g/mol. The van der Waals surface area contributed by atoms with E-state index in [1.54, 1.807) is 6.20 Å². The Morgan fingerprint density at radius 3 is 2.85 bits per heavy atom. The molecule has 7 heteroatoms. The zero-order chi connectivity index (χ0) is 17.5. The average Bonchev–Trinajstić information content (AvgIpc) is 3.17. The molecule has 7 nitrogen and oxygen atoms in total. The molecule has 0 radical (unpaired) electrons. The summed E-state index contributed by atoms with van der Waals surface area (Å²) >= 11 is 0. The molecule has 0 bridgehead atoms. The summed E-state index contributed by atoms with van der Waals surface area (Å²) in [5, 5.41) is 7.43. The quantitative estimate of drug-likeness (QED) is 0.749. The summed E-state index contributed by atoms with van der Waals surface area (Å²) in [7, 11) is 0. The highest BCUT2D eigenvalue weighted by Crippen LogP contribution is 2.26. The molecule has 132 valence electrons. The number of nitrogens with one attached hydrogen (secondary N) is 1. The van der Waals surface area contributed by atoms with Gasteiger partial charge in [0, 0.05) is 50.4 Å². The highest BCUT2D eigenvalue weighted by molar-refractivity contribution is 5.83. The number of hydrogen-bond donors (Lipinski definition) is 1. The second-order valence-electron chi connectivity index (χ2n) is 6.76. The molecule has 2 aliphatic heterocycles. The predicted octanol–water partition coefficient (Wildman–Crippen LogP) is 1.02. The molecule has 0 aliphatic carbocycles. The second-order valence-corrected chi connectivity index (χ2v) is 6.76. The van der Waals surface area contributed by atoms with Crippen molar-refractivity contribution < 1.29 is 4.79 Å². The van der Waals surface area contributed by atoms with Gasteiger partial charge in [0.15, 0.2) is 5.65 Å². The summed E-state index contributed by atoms with van der Waals surface area (Å²) in [5.74, 6) is 1.10. The maximum absolute atomic E-state index is 12.3. The fourth-order valence-corrected chi connectivity index (χ4v) is 3.86. The van der Waals surface area contributed by atoms with E-state index in [0.717, 1.165) is 48.9 Å². The Balaban J connectivity index is 1.56. The van der Waals surface area contributed by atoms with Gasteiger partial charge in [-0.3, -0.25) is 9.69 Å². The maximum Gasteiger partial charge on any atom is 0.239 e. The number of carbonyl (C=O) groups is 1. The number of fused-ring (bicyclic) bond motifs is 2. The lowest BCUT2D eigenvalue weighted by Gasteiger charge is -2.43. The second kappa shape index (κ2) is 6.10. The number of carbonyl (C=O) groups excluding carboxylic acids is 1. The largest absolute Gasteiger partial charge is 0.353 e. The molecule has 2 saturated heterocycles. The van der Waals surface area contributed by atoms with Gasteiger partial charge in [0.2, 0.25) is 5.91 Å². The Hall–Kier alpha value is -2.93. The molecule has 0 saturated carbocycles. The van der Waals surface area contributed by atoms with Crippen LogP contribution >= 0.6 is 0 Å². The van der Waals surface area contributed by atoms with Crippen LogP contribution in [0, 0.1) is 0 Å². The maximum atomic E-state index is 12.3. The van der Waals surface area contributed by atoms with E-state index in [1.165, 1.54) is 0 Å². The van der Waals surface area contributed by atoms with Crippen LogP contribution in [0.4, 0.5) is 5.82 Å². The van der Waals surface area contributed by atoms with Gasteiger partial charge in [0.25, 0.3) is 0 Å². The van der Waals surface area contributed by atoms with Crippen molar-refractivity contribution in [1.29, 1.82) is 0 Å². The Kier molecular flexibility index (Phi) is 3.60. The molecular formula is C19H20N6O. The zero-order valence-electron chi connectivity index (χ0n) is 14.4. The molecule has 4 heterocycles. The number of anilines is 1. The van der Waals surface area contributed by atoms with Gasteiger partial charge in [-0.2, -0.15) is 9.61 Å². The van der Waals surface area contributed by atoms with Crippen LogP contribution in [-0.2, 0) is 4.79 Å². The third-order valence-electron chi connectivity index (χ3n) is 5.23. The lowest BCUT2D eigenvalue weighted by Crippen LogP contribution is -2.64. The molecule has 3 aromatic rings. The van der Waals surface area contributed by atoms with Crippen LogP contribution in [0.25, 0.3) is 16.9 Å². The van der Waals surface area contributed by atoms with Gasteiger partial charge in [0.05, 0.1) is 11.9 Å². The average molecular weight is 348 g/mol. The van der Waals surface area contributed by atoms with Crippen molar-refractivity contribution >= 4 is 17.4 Å². The van der Waals surface area contributed by atoms with Crippen LogP contribution in [-0.4, -0.2) is 64.2 Å². The van der Waals surface area contributed by atoms with Crippen LogP contribution in [0.1, 0.15) is 0 Å². The Morgan fingerprint density at radius 2 is 1.96 bits per heavy atom. The number of benzene rings is 1. The third-order valence-corrected chi connectivity index (χ3v) is 5.23. The van der Waals surface area contributed by atoms with Crippen molar-refractivity contribution in [2.45, 2.75) is 6.04 Å². The molecule has 2 aliphatic rings. The minimum Gasteiger partial charge on any atom is -0.353 e. The van der Waals surface area contributed by atoms with Crippen LogP contribution in [0.15, 0.2) is 48.7 Å². The van der Waals surface area contributed by atoms with E-state index in [4.69, 9.17) is 4.98 Å². The van der Waals surface area contributed by atoms with Crippen LogP contribution in [0.5, 0.6) is 0 Å². The van der Waals surface area contributed by atoms with Crippen molar-refractivity contribution in [3.8, 4) is 11.3 Å². The monoisotopic (exact) mass is 348 g/mol. The van der Waals surface area contributed by atoms with Crippen molar-refractivity contribution in [3.05, 3.63) is 48.7 Å². The van der Waals surface area contributed by atoms with E-state index >= 15 is 0 Å². The summed E-state index contributed by atoms with van der Waals surface area (Å²) in [4.78, 5) is 21.6. The first-order valence-corrected chi connectivity index (χ1v) is 8.96. The Labute approximate surface area is 151 Å². The van der Waals surface area contributed by atoms with Crippen molar-refractivity contribution in [3.63, 3.8) is 0 Å². The minimum atomic E-state index is -0.101. The first-order chi connectivity index (χ1) is 12.8. The SMILES string of the molecule is O=C1NCCN2CCN(c3cc(-c4ccccc4)nc4ccnn34)CC12. The van der Waals surface area contributed by atoms with Gasteiger partial charge in [-0.15, -0.1) is 0 Å². The standard InChI is InChI=1S/C19H20N6O/c26-19-16-13-24(11-10-23(16)9-8-20-19)18-12-15(14-4-2-1-3-5-14)22-17-6-7-21-25(17)18/h1-7,12,16H,8-11,13H2,(H,20,26). The lowest BCUT2D eigenvalue weighted by molar-refractivity contribution is -0.129. The third kappa shape index (κ3) is 2.52. The van der Waals surface area contributed by atoms with Gasteiger partial charge < -0.3 is 10.2 Å². The molecule has 1 aromatic carbocycles. The topological polar surface area (TPSA) is 65.8 Å². The summed E-state index contributed by atoms with van der Waals surface area (Å²) < 4.78 is 1.86. The summed E-state index contributed by atoms with van der Waals surface area (Å²) in [6.07, 6.45) is 1.77. The van der Waals surface area contributed by atoms with E-state index in [0.29, 0.717) is 6.54 Å². The van der Waals surface area contributed by atoms with Gasteiger partial charge in [-0.1, -0.05) is 30.3 Å². The van der Waals surface area contributed by atoms with Crippen LogP contribution < -0.4 is 10.2 Å². The first-order valence-electron chi connectivity index (χ1n) is 8.96. The summed E-state index contributed by atoms with van der Waals surface area (Å²) in [6, 6.07) is 14.0. The van der Waals surface area contributed by atoms with Crippen molar-refractivity contribution in [2.75, 3.05) is 37.6 Å². The molecule has 26 heavy (non-hydrogen) atoms. The minimum absolute atomic E-state index is 0.101. The molecule has 1 atom stereocenters. The molecule has 2 fully saturated rings. The molecule has 1 unspecified atom stereocenters. The van der Waals surface area contributed by atoms with Gasteiger partial charge >= 0.3 is 0 Å². The number of rotatable bonds is 2. The summed E-state index contributed by atoms with van der Waals surface area (Å²) in [5.41, 5.74) is 2.81. The number of amides is 1. The fourth-order valence-electron chi connectivity index (χ4n) is 3.86. The fraction of sp³-hybridized carbons (Fsp3) is 0.316. The van der Waals surface area contributed by atoms with Crippen LogP contribution in [0.3, 0.4) is 0 Å². The lowest BCUT2D eigenvalue weighted by atomic mass is 10.1. The Bertz CT molecular complexity index is 953. The van der Waals surface area contributed by atoms with Gasteiger partial charge in [-0.05, 0) is 0 Å². The zero-order valence-corrected chi connectivity index (χ0v) is 14.4. The van der Waals surface area contributed by atoms with Crippen LogP contribution in [0.2, 0.25) is 0 Å². The van der Waals surface area contributed by atoms with E-state index in [2.05, 4.69) is 38.4 Å². The highest BCUT2D eigenvalue weighted by Gasteiger charge is 2.35. The van der Waals surface area contributed by atoms with Crippen molar-refractivity contribution in [2.24, 2.45) is 0 Å². The molecule has 1 amide bonds. The number of piperazine rings is 2. The normalized spacial score (nSPS) is 20.8. The molecule has 0 spiro atoms. The highest BCUT2D eigenvalue weighted by atomic mass is 16.2. The van der Waals surface area contributed by atoms with Gasteiger partial charge in [0.1, 0.15) is 11.9 Å². The molecule has 5 rings (SSSR count). The van der Waals surface area contributed by atoms with Gasteiger partial charge in [-0.25, -0.2) is 4.98 Å². The van der Waals surface area contributed by atoms with E-state index in [1.807, 2.05) is 28.8 Å². The first kappa shape index (κ1) is 15.3. The number of hydrogen-bond acceptors (Lipinski definition) is 5. The number of aromatic nitrogens is 3.